The molecule has 19 heavy (non-hydrogen) atoms. The van der Waals surface area contributed by atoms with Crippen LogP contribution in [0.5, 0.6) is 0 Å². The lowest BCUT2D eigenvalue weighted by Gasteiger charge is -2.14. The molecule has 108 valence electrons. The molecular formula is C9H14ClN3O4S2. The van der Waals surface area contributed by atoms with Crippen molar-refractivity contribution in [2.75, 3.05) is 12.0 Å². The van der Waals surface area contributed by atoms with Gasteiger partial charge in [0.05, 0.1) is 11.2 Å². The Morgan fingerprint density at radius 3 is 2.74 bits per heavy atom. The first-order chi connectivity index (χ1) is 8.79. The highest BCUT2D eigenvalue weighted by atomic mass is 35.5. The van der Waals surface area contributed by atoms with Gasteiger partial charge >= 0.3 is 5.97 Å². The highest BCUT2D eigenvalue weighted by Gasteiger charge is 2.29. The number of carboxylic acid groups (broad SMARTS) is 1. The largest absolute Gasteiger partial charge is 0.480 e. The van der Waals surface area contributed by atoms with Crippen LogP contribution in [0.4, 0.5) is 0 Å². The zero-order valence-electron chi connectivity index (χ0n) is 10.3. The van der Waals surface area contributed by atoms with Gasteiger partial charge in [0.2, 0.25) is 0 Å². The minimum Gasteiger partial charge on any atom is -0.480 e. The van der Waals surface area contributed by atoms with Crippen molar-refractivity contribution in [2.24, 2.45) is 7.05 Å². The van der Waals surface area contributed by atoms with E-state index in [4.69, 9.17) is 16.7 Å². The zero-order chi connectivity index (χ0) is 14.6. The SMILES string of the molecule is CSCCC(NS(=O)(=O)c1c(Cl)cnn1C)C(=O)O. The van der Waals surface area contributed by atoms with Crippen molar-refractivity contribution in [3.05, 3.63) is 11.2 Å². The number of carbonyl (C=O) groups is 1. The van der Waals surface area contributed by atoms with E-state index in [2.05, 4.69) is 9.82 Å². The Kier molecular flexibility index (Phi) is 5.65. The minimum absolute atomic E-state index is 0.0518. The lowest BCUT2D eigenvalue weighted by Crippen LogP contribution is -2.41. The molecule has 1 aromatic heterocycles. The lowest BCUT2D eigenvalue weighted by molar-refractivity contribution is -0.139. The fourth-order valence-corrected chi connectivity index (χ4v) is 3.76. The van der Waals surface area contributed by atoms with Gasteiger partial charge in [0.15, 0.2) is 5.03 Å². The fraction of sp³-hybridized carbons (Fsp3) is 0.556. The normalized spacial score (nSPS) is 13.4. The van der Waals surface area contributed by atoms with Crippen LogP contribution in [-0.4, -0.2) is 47.3 Å². The maximum Gasteiger partial charge on any atom is 0.321 e. The molecule has 0 fully saturated rings. The quantitative estimate of drug-likeness (QED) is 0.758. The van der Waals surface area contributed by atoms with Crippen molar-refractivity contribution in [3.8, 4) is 0 Å². The van der Waals surface area contributed by atoms with E-state index in [0.717, 1.165) is 4.68 Å². The number of halogens is 1. The van der Waals surface area contributed by atoms with Crippen LogP contribution >= 0.6 is 23.4 Å². The summed E-state index contributed by atoms with van der Waals surface area (Å²) in [6.45, 7) is 0. The van der Waals surface area contributed by atoms with Gasteiger partial charge in [-0.05, 0) is 18.4 Å². The standard InChI is InChI=1S/C9H14ClN3O4S2/c1-13-8(6(10)5-11-13)19(16,17)12-7(9(14)15)3-4-18-2/h5,7,12H,3-4H2,1-2H3,(H,14,15). The minimum atomic E-state index is -4.02. The third-order valence-electron chi connectivity index (χ3n) is 2.30. The summed E-state index contributed by atoms with van der Waals surface area (Å²) in [5.41, 5.74) is 0. The van der Waals surface area contributed by atoms with Gasteiger partial charge in [-0.3, -0.25) is 9.48 Å². The summed E-state index contributed by atoms with van der Waals surface area (Å²) in [6.07, 6.45) is 3.18. The molecule has 0 bridgehead atoms. The number of hydrogen-bond acceptors (Lipinski definition) is 5. The van der Waals surface area contributed by atoms with E-state index in [1.54, 1.807) is 0 Å². The molecule has 0 amide bonds. The second-order valence-electron chi connectivity index (χ2n) is 3.71. The maximum absolute atomic E-state index is 12.1. The molecule has 1 atom stereocenters. The average molecular weight is 328 g/mol. The van der Waals surface area contributed by atoms with Gasteiger partial charge in [0.1, 0.15) is 6.04 Å². The first kappa shape index (κ1) is 16.3. The van der Waals surface area contributed by atoms with Crippen LogP contribution in [-0.2, 0) is 21.9 Å². The summed E-state index contributed by atoms with van der Waals surface area (Å²) in [7, 11) is -2.61. The Hall–Kier alpha value is -0.770. The first-order valence-corrected chi connectivity index (χ1v) is 8.46. The molecular weight excluding hydrogens is 314 g/mol. The van der Waals surface area contributed by atoms with Crippen LogP contribution in [0.2, 0.25) is 5.02 Å². The van der Waals surface area contributed by atoms with Crippen molar-refractivity contribution in [1.29, 1.82) is 0 Å². The van der Waals surface area contributed by atoms with Gasteiger partial charge in [0, 0.05) is 7.05 Å². The summed E-state index contributed by atoms with van der Waals surface area (Å²) in [4.78, 5) is 11.0. The molecule has 1 aromatic rings. The monoisotopic (exact) mass is 327 g/mol. The van der Waals surface area contributed by atoms with Gasteiger partial charge < -0.3 is 5.11 Å². The highest BCUT2D eigenvalue weighted by Crippen LogP contribution is 2.20. The van der Waals surface area contributed by atoms with Gasteiger partial charge in [-0.25, -0.2) is 8.42 Å². The molecule has 0 aliphatic heterocycles. The van der Waals surface area contributed by atoms with Crippen LogP contribution < -0.4 is 4.72 Å². The predicted octanol–water partition coefficient (Wildman–Crippen LogP) is 0.558. The molecule has 2 N–H and O–H groups in total. The fourth-order valence-electron chi connectivity index (χ4n) is 1.41. The molecule has 7 nitrogen and oxygen atoms in total. The van der Waals surface area contributed by atoms with Crippen molar-refractivity contribution >= 4 is 39.4 Å². The Labute approximate surface area is 120 Å². The Morgan fingerprint density at radius 1 is 1.68 bits per heavy atom. The van der Waals surface area contributed by atoms with Crippen LogP contribution in [0, 0.1) is 0 Å². The second-order valence-corrected chi connectivity index (χ2v) is 6.74. The Balaban J connectivity index is 2.98. The van der Waals surface area contributed by atoms with E-state index in [0.29, 0.717) is 5.75 Å². The van der Waals surface area contributed by atoms with Gasteiger partial charge in [-0.15, -0.1) is 0 Å². The Bertz CT molecular complexity index is 538. The number of sulfonamides is 1. The molecule has 0 aromatic carbocycles. The van der Waals surface area contributed by atoms with Gasteiger partial charge in [-0.1, -0.05) is 11.6 Å². The average Bonchev–Trinajstić information content (AvgIpc) is 2.64. The molecule has 0 aliphatic rings. The second kappa shape index (κ2) is 6.60. The van der Waals surface area contributed by atoms with E-state index < -0.39 is 22.0 Å². The molecule has 0 aliphatic carbocycles. The number of aliphatic carboxylic acids is 1. The van der Waals surface area contributed by atoms with Crippen LogP contribution in [0.1, 0.15) is 6.42 Å². The van der Waals surface area contributed by atoms with Crippen molar-refractivity contribution in [3.63, 3.8) is 0 Å². The van der Waals surface area contributed by atoms with E-state index in [9.17, 15) is 13.2 Å². The lowest BCUT2D eigenvalue weighted by atomic mass is 10.2. The summed E-state index contributed by atoms with van der Waals surface area (Å²) >= 11 is 7.18. The number of nitrogens with zero attached hydrogens (tertiary/aromatic N) is 2. The van der Waals surface area contributed by atoms with Crippen LogP contribution in [0.3, 0.4) is 0 Å². The number of carboxylic acids is 1. The molecule has 0 saturated heterocycles. The summed E-state index contributed by atoms with van der Waals surface area (Å²) < 4.78 is 27.4. The molecule has 10 heteroatoms. The van der Waals surface area contributed by atoms with Gasteiger partial charge in [-0.2, -0.15) is 21.6 Å². The number of nitrogens with one attached hydrogen (secondary N) is 1. The number of thioether (sulfide) groups is 1. The number of aryl methyl sites for hydroxylation is 1. The van der Waals surface area contributed by atoms with E-state index in [1.165, 1.54) is 25.0 Å². The van der Waals surface area contributed by atoms with Crippen molar-refractivity contribution in [2.45, 2.75) is 17.5 Å². The van der Waals surface area contributed by atoms with Crippen molar-refractivity contribution < 1.29 is 18.3 Å². The molecule has 1 heterocycles. The number of rotatable bonds is 7. The van der Waals surface area contributed by atoms with E-state index in [1.807, 2.05) is 6.26 Å². The maximum atomic E-state index is 12.1. The third-order valence-corrected chi connectivity index (χ3v) is 4.92. The summed E-state index contributed by atoms with van der Waals surface area (Å²) in [6, 6.07) is -1.19. The number of hydrogen-bond donors (Lipinski definition) is 2. The van der Waals surface area contributed by atoms with Crippen LogP contribution in [0.15, 0.2) is 11.2 Å². The smallest absolute Gasteiger partial charge is 0.321 e. The molecule has 0 saturated carbocycles. The summed E-state index contributed by atoms with van der Waals surface area (Å²) in [5.74, 6) is -0.700. The molecule has 1 rings (SSSR count). The van der Waals surface area contributed by atoms with Crippen LogP contribution in [0.25, 0.3) is 0 Å². The zero-order valence-corrected chi connectivity index (χ0v) is 12.7. The number of aromatic nitrogens is 2. The molecule has 0 radical (unpaired) electrons. The topological polar surface area (TPSA) is 101 Å². The van der Waals surface area contributed by atoms with E-state index in [-0.39, 0.29) is 16.5 Å². The van der Waals surface area contributed by atoms with Gasteiger partial charge in [0.25, 0.3) is 10.0 Å². The molecule has 1 unspecified atom stereocenters. The molecule has 0 spiro atoms. The highest BCUT2D eigenvalue weighted by molar-refractivity contribution is 7.98. The first-order valence-electron chi connectivity index (χ1n) is 5.21. The Morgan fingerprint density at radius 2 is 2.32 bits per heavy atom. The summed E-state index contributed by atoms with van der Waals surface area (Å²) in [5, 5.41) is 12.4. The van der Waals surface area contributed by atoms with Crippen molar-refractivity contribution in [1.82, 2.24) is 14.5 Å². The predicted molar refractivity (Wildman–Crippen MR) is 73.0 cm³/mol. The van der Waals surface area contributed by atoms with E-state index >= 15 is 0 Å². The third kappa shape index (κ3) is 4.10.